The van der Waals surface area contributed by atoms with Gasteiger partial charge in [0.25, 0.3) is 0 Å². The molecular formula is C15H26N2O5. The summed E-state index contributed by atoms with van der Waals surface area (Å²) in [5, 5.41) is 14.6. The van der Waals surface area contributed by atoms with Gasteiger partial charge in [-0.2, -0.15) is 0 Å². The number of nitrogens with one attached hydrogen (secondary N) is 2. The molecule has 22 heavy (non-hydrogen) atoms. The molecule has 0 aliphatic carbocycles. The molecule has 0 saturated carbocycles. The molecule has 1 saturated heterocycles. The van der Waals surface area contributed by atoms with Crippen molar-refractivity contribution in [1.29, 1.82) is 0 Å². The van der Waals surface area contributed by atoms with Crippen LogP contribution in [-0.2, 0) is 19.1 Å². The van der Waals surface area contributed by atoms with E-state index in [4.69, 9.17) is 4.74 Å². The number of ether oxygens (including phenoxy) is 1. The first-order valence-electron chi connectivity index (χ1n) is 7.48. The lowest BCUT2D eigenvalue weighted by molar-refractivity contribution is -0.152. The molecule has 0 radical (unpaired) electrons. The molecule has 0 bridgehead atoms. The van der Waals surface area contributed by atoms with Crippen LogP contribution in [0.25, 0.3) is 0 Å². The number of carboxylic acid groups (broad SMARTS) is 1. The van der Waals surface area contributed by atoms with E-state index in [1.54, 1.807) is 6.92 Å². The third-order valence-corrected chi connectivity index (χ3v) is 3.58. The standard InChI is InChI=1S/C15H26N2O5/c1-10(16-11(18)9-14(2,3)4)12(19)17-15(13(20)21)5-7-22-8-6-15/h10H,5-9H2,1-4H3,(H,16,18)(H,17,19)(H,20,21). The van der Waals surface area contributed by atoms with Crippen LogP contribution in [0.15, 0.2) is 0 Å². The number of carbonyl (C=O) groups excluding carboxylic acids is 2. The fraction of sp³-hybridized carbons (Fsp3) is 0.800. The summed E-state index contributed by atoms with van der Waals surface area (Å²) in [5.74, 6) is -1.80. The molecule has 0 aromatic rings. The monoisotopic (exact) mass is 314 g/mol. The van der Waals surface area contributed by atoms with Crippen molar-refractivity contribution in [2.75, 3.05) is 13.2 Å². The van der Waals surface area contributed by atoms with E-state index in [2.05, 4.69) is 10.6 Å². The van der Waals surface area contributed by atoms with Crippen LogP contribution >= 0.6 is 0 Å². The highest BCUT2D eigenvalue weighted by Crippen LogP contribution is 2.21. The highest BCUT2D eigenvalue weighted by atomic mass is 16.5. The van der Waals surface area contributed by atoms with Gasteiger partial charge in [0.05, 0.1) is 0 Å². The van der Waals surface area contributed by atoms with Gasteiger partial charge in [0.2, 0.25) is 11.8 Å². The van der Waals surface area contributed by atoms with Gasteiger partial charge in [-0.25, -0.2) is 4.79 Å². The lowest BCUT2D eigenvalue weighted by atomic mass is 9.89. The van der Waals surface area contributed by atoms with E-state index in [0.29, 0.717) is 6.42 Å². The van der Waals surface area contributed by atoms with Crippen molar-refractivity contribution in [2.45, 2.75) is 58.5 Å². The first kappa shape index (κ1) is 18.4. The Morgan fingerprint density at radius 3 is 2.23 bits per heavy atom. The lowest BCUT2D eigenvalue weighted by Gasteiger charge is -2.34. The Kier molecular flexibility index (Phi) is 5.93. The third-order valence-electron chi connectivity index (χ3n) is 3.58. The molecule has 1 aliphatic heterocycles. The van der Waals surface area contributed by atoms with Crippen molar-refractivity contribution in [3.63, 3.8) is 0 Å². The summed E-state index contributed by atoms with van der Waals surface area (Å²) in [5.41, 5.74) is -1.48. The summed E-state index contributed by atoms with van der Waals surface area (Å²) in [6, 6.07) is -0.783. The maximum Gasteiger partial charge on any atom is 0.329 e. The second-order valence-corrected chi connectivity index (χ2v) is 7.02. The van der Waals surface area contributed by atoms with Crippen molar-refractivity contribution >= 4 is 17.8 Å². The third kappa shape index (κ3) is 5.29. The summed E-state index contributed by atoms with van der Waals surface area (Å²) in [4.78, 5) is 35.5. The average Bonchev–Trinajstić information content (AvgIpc) is 2.37. The minimum absolute atomic E-state index is 0.177. The van der Waals surface area contributed by atoms with E-state index in [0.717, 1.165) is 0 Å². The van der Waals surface area contributed by atoms with Gasteiger partial charge >= 0.3 is 5.97 Å². The number of hydrogen-bond acceptors (Lipinski definition) is 4. The van der Waals surface area contributed by atoms with Gasteiger partial charge in [-0.1, -0.05) is 20.8 Å². The zero-order valence-electron chi connectivity index (χ0n) is 13.7. The average molecular weight is 314 g/mol. The van der Waals surface area contributed by atoms with E-state index >= 15 is 0 Å². The summed E-state index contributed by atoms with van der Waals surface area (Å²) in [6.45, 7) is 7.91. The molecule has 1 rings (SSSR count). The Morgan fingerprint density at radius 1 is 1.23 bits per heavy atom. The van der Waals surface area contributed by atoms with Crippen LogP contribution in [-0.4, -0.2) is 47.7 Å². The van der Waals surface area contributed by atoms with Crippen molar-refractivity contribution in [3.8, 4) is 0 Å². The van der Waals surface area contributed by atoms with Crippen molar-refractivity contribution < 1.29 is 24.2 Å². The molecule has 1 aliphatic rings. The summed E-state index contributed by atoms with van der Waals surface area (Å²) >= 11 is 0. The minimum Gasteiger partial charge on any atom is -0.480 e. The largest absolute Gasteiger partial charge is 0.480 e. The maximum atomic E-state index is 12.2. The van der Waals surface area contributed by atoms with Gasteiger partial charge in [0, 0.05) is 32.5 Å². The summed E-state index contributed by atoms with van der Waals surface area (Å²) < 4.78 is 5.15. The molecule has 0 aromatic carbocycles. The van der Waals surface area contributed by atoms with E-state index in [9.17, 15) is 19.5 Å². The van der Waals surface area contributed by atoms with Crippen molar-refractivity contribution in [1.82, 2.24) is 10.6 Å². The van der Waals surface area contributed by atoms with E-state index < -0.39 is 23.5 Å². The first-order valence-corrected chi connectivity index (χ1v) is 7.48. The predicted octanol–water partition coefficient (Wildman–Crippen LogP) is 0.677. The Labute approximate surface area is 130 Å². The van der Waals surface area contributed by atoms with Crippen molar-refractivity contribution in [3.05, 3.63) is 0 Å². The molecule has 7 heteroatoms. The fourth-order valence-corrected chi connectivity index (χ4v) is 2.30. The zero-order valence-corrected chi connectivity index (χ0v) is 13.7. The van der Waals surface area contributed by atoms with Crippen LogP contribution in [0, 0.1) is 5.41 Å². The number of rotatable bonds is 5. The number of carboxylic acids is 1. The van der Waals surface area contributed by atoms with E-state index in [-0.39, 0.29) is 37.4 Å². The number of hydrogen-bond donors (Lipinski definition) is 3. The predicted molar refractivity (Wildman–Crippen MR) is 80.2 cm³/mol. The van der Waals surface area contributed by atoms with Gasteiger partial charge in [-0.05, 0) is 12.3 Å². The number of carbonyl (C=O) groups is 3. The normalized spacial score (nSPS) is 19.1. The molecule has 0 spiro atoms. The molecule has 1 unspecified atom stereocenters. The molecule has 1 heterocycles. The van der Waals surface area contributed by atoms with Crippen LogP contribution < -0.4 is 10.6 Å². The van der Waals surface area contributed by atoms with Crippen LogP contribution in [0.1, 0.15) is 47.0 Å². The molecule has 1 atom stereocenters. The molecule has 1 fully saturated rings. The Bertz CT molecular complexity index is 436. The van der Waals surface area contributed by atoms with E-state index in [1.807, 2.05) is 20.8 Å². The van der Waals surface area contributed by atoms with Gasteiger partial charge < -0.3 is 20.5 Å². The first-order chi connectivity index (χ1) is 10.1. The van der Waals surface area contributed by atoms with Crippen LogP contribution in [0.5, 0.6) is 0 Å². The van der Waals surface area contributed by atoms with Crippen molar-refractivity contribution in [2.24, 2.45) is 5.41 Å². The van der Waals surface area contributed by atoms with Gasteiger partial charge in [0.15, 0.2) is 0 Å². The van der Waals surface area contributed by atoms with Crippen LogP contribution in [0.2, 0.25) is 0 Å². The number of aliphatic carboxylic acids is 1. The lowest BCUT2D eigenvalue weighted by Crippen LogP contribution is -2.61. The molecule has 0 aromatic heterocycles. The topological polar surface area (TPSA) is 105 Å². The molecule has 2 amide bonds. The van der Waals surface area contributed by atoms with Crippen LogP contribution in [0.4, 0.5) is 0 Å². The summed E-state index contributed by atoms with van der Waals surface area (Å²) in [6.07, 6.45) is 0.732. The second-order valence-electron chi connectivity index (χ2n) is 7.02. The zero-order chi connectivity index (χ0) is 17.0. The molecule has 7 nitrogen and oxygen atoms in total. The Morgan fingerprint density at radius 2 is 1.77 bits per heavy atom. The van der Waals surface area contributed by atoms with Gasteiger partial charge in [0.1, 0.15) is 11.6 Å². The summed E-state index contributed by atoms with van der Waals surface area (Å²) in [7, 11) is 0. The maximum absolute atomic E-state index is 12.2. The van der Waals surface area contributed by atoms with Crippen LogP contribution in [0.3, 0.4) is 0 Å². The molecular weight excluding hydrogens is 288 g/mol. The fourth-order valence-electron chi connectivity index (χ4n) is 2.30. The van der Waals surface area contributed by atoms with E-state index in [1.165, 1.54) is 0 Å². The second kappa shape index (κ2) is 7.09. The molecule has 3 N–H and O–H groups in total. The minimum atomic E-state index is -1.31. The number of amides is 2. The highest BCUT2D eigenvalue weighted by Gasteiger charge is 2.42. The molecule has 126 valence electrons. The smallest absolute Gasteiger partial charge is 0.329 e. The van der Waals surface area contributed by atoms with Gasteiger partial charge in [-0.15, -0.1) is 0 Å². The Balaban J connectivity index is 2.62. The highest BCUT2D eigenvalue weighted by molar-refractivity contribution is 5.92. The van der Waals surface area contributed by atoms with Gasteiger partial charge in [-0.3, -0.25) is 9.59 Å². The quantitative estimate of drug-likeness (QED) is 0.692. The SMILES string of the molecule is CC(NC(=O)CC(C)(C)C)C(=O)NC1(C(=O)O)CCOCC1. The Hall–Kier alpha value is -1.63.